The van der Waals surface area contributed by atoms with Gasteiger partial charge in [0.05, 0.1) is 29.2 Å². The molecule has 1 amide bonds. The van der Waals surface area contributed by atoms with Crippen LogP contribution in [0.4, 0.5) is 5.69 Å². The summed E-state index contributed by atoms with van der Waals surface area (Å²) in [6.07, 6.45) is 1.17. The highest BCUT2D eigenvalue weighted by Crippen LogP contribution is 2.46. The number of amides is 1. The molecule has 7 heteroatoms. The molecule has 4 nitrogen and oxygen atoms in total. The van der Waals surface area contributed by atoms with Crippen LogP contribution in [-0.4, -0.2) is 23.4 Å². The second-order valence-corrected chi connectivity index (χ2v) is 8.77. The number of halogens is 2. The van der Waals surface area contributed by atoms with Crippen molar-refractivity contribution in [2.24, 2.45) is 0 Å². The number of carbonyl (C=O) groups excluding carboxylic acids is 1. The predicted molar refractivity (Wildman–Crippen MR) is 119 cm³/mol. The number of hydrogen-bond donors (Lipinski definition) is 0. The Morgan fingerprint density at radius 3 is 2.48 bits per heavy atom. The summed E-state index contributed by atoms with van der Waals surface area (Å²) < 4.78 is 0. The third-order valence-corrected chi connectivity index (χ3v) is 7.17. The van der Waals surface area contributed by atoms with E-state index < -0.39 is 5.92 Å². The molecule has 29 heavy (non-hydrogen) atoms. The van der Waals surface area contributed by atoms with Gasteiger partial charge in [-0.25, -0.2) is 0 Å². The lowest BCUT2D eigenvalue weighted by Gasteiger charge is -2.42. The number of benzene rings is 2. The molecule has 148 valence electrons. The molecule has 2 aliphatic heterocycles. The Hall–Kier alpha value is -2.13. The number of nitriles is 1. The zero-order valence-electron chi connectivity index (χ0n) is 15.9. The summed E-state index contributed by atoms with van der Waals surface area (Å²) >= 11 is 14.3. The average Bonchev–Trinajstić information content (AvgIpc) is 2.74. The number of nitrogens with zero attached hydrogens (tertiary/aromatic N) is 3. The number of carbonyl (C=O) groups is 1. The van der Waals surface area contributed by atoms with Crippen LogP contribution < -0.4 is 4.90 Å². The molecule has 0 aromatic heterocycles. The first-order valence-electron chi connectivity index (χ1n) is 9.38. The minimum Gasteiger partial charge on any atom is -0.344 e. The summed E-state index contributed by atoms with van der Waals surface area (Å²) in [5.41, 5.74) is 3.56. The van der Waals surface area contributed by atoms with E-state index in [1.165, 1.54) is 17.3 Å². The van der Waals surface area contributed by atoms with Crippen molar-refractivity contribution < 1.29 is 4.79 Å². The van der Waals surface area contributed by atoms with Crippen LogP contribution in [0, 0.1) is 11.3 Å². The van der Waals surface area contributed by atoms with Crippen molar-refractivity contribution in [3.8, 4) is 6.07 Å². The number of aryl methyl sites for hydroxylation is 1. The van der Waals surface area contributed by atoms with Gasteiger partial charge in [0.25, 0.3) is 0 Å². The molecule has 1 atom stereocenters. The van der Waals surface area contributed by atoms with Gasteiger partial charge >= 0.3 is 0 Å². The van der Waals surface area contributed by atoms with Crippen molar-refractivity contribution in [2.45, 2.75) is 25.7 Å². The van der Waals surface area contributed by atoms with Gasteiger partial charge in [-0.15, -0.1) is 0 Å². The van der Waals surface area contributed by atoms with Crippen LogP contribution in [0.1, 0.15) is 30.4 Å². The molecule has 2 aliphatic rings. The lowest BCUT2D eigenvalue weighted by molar-refractivity contribution is -0.129. The SMILES string of the molecule is CCc1ccc(N2CSC3=C(C#N)[C@@H](c4c(Cl)cccc4Cl)CC(=O)N3C2)cc1. The Labute approximate surface area is 184 Å². The molecule has 4 rings (SSSR count). The lowest BCUT2D eigenvalue weighted by atomic mass is 9.86. The second kappa shape index (κ2) is 8.31. The Bertz CT molecular complexity index is 1010. The molecule has 0 spiro atoms. The molecule has 0 unspecified atom stereocenters. The minimum atomic E-state index is -0.414. The molecule has 0 radical (unpaired) electrons. The van der Waals surface area contributed by atoms with Crippen molar-refractivity contribution in [1.29, 1.82) is 5.26 Å². The lowest BCUT2D eigenvalue weighted by Crippen LogP contribution is -2.47. The second-order valence-electron chi connectivity index (χ2n) is 7.02. The Balaban J connectivity index is 1.67. The fourth-order valence-corrected chi connectivity index (χ4v) is 5.59. The zero-order valence-corrected chi connectivity index (χ0v) is 18.2. The van der Waals surface area contributed by atoms with Gasteiger partial charge in [0, 0.05) is 28.1 Å². The number of rotatable bonds is 3. The Kier molecular flexibility index (Phi) is 5.78. The van der Waals surface area contributed by atoms with Crippen LogP contribution in [0.5, 0.6) is 0 Å². The minimum absolute atomic E-state index is 0.0256. The third kappa shape index (κ3) is 3.73. The normalized spacial score (nSPS) is 19.2. The molecular weight excluding hydrogens is 425 g/mol. The summed E-state index contributed by atoms with van der Waals surface area (Å²) in [5, 5.41) is 11.6. The summed E-state index contributed by atoms with van der Waals surface area (Å²) in [4.78, 5) is 16.9. The van der Waals surface area contributed by atoms with Crippen LogP contribution in [-0.2, 0) is 11.2 Å². The van der Waals surface area contributed by atoms with Gasteiger partial charge in [-0.1, -0.05) is 60.1 Å². The van der Waals surface area contributed by atoms with Crippen molar-refractivity contribution in [3.63, 3.8) is 0 Å². The summed E-state index contributed by atoms with van der Waals surface area (Å²) in [7, 11) is 0. The van der Waals surface area contributed by atoms with E-state index >= 15 is 0 Å². The summed E-state index contributed by atoms with van der Waals surface area (Å²) in [6.45, 7) is 2.56. The van der Waals surface area contributed by atoms with E-state index in [2.05, 4.69) is 42.2 Å². The highest BCUT2D eigenvalue weighted by atomic mass is 35.5. The van der Waals surface area contributed by atoms with E-state index in [1.807, 2.05) is 0 Å². The van der Waals surface area contributed by atoms with E-state index in [4.69, 9.17) is 23.2 Å². The first-order chi connectivity index (χ1) is 14.0. The van der Waals surface area contributed by atoms with Crippen LogP contribution >= 0.6 is 35.0 Å². The molecule has 2 aromatic rings. The molecule has 2 aromatic carbocycles. The standard InChI is InChI=1S/C22H19Cl2N3OS/c1-2-14-6-8-15(9-7-14)26-12-27-20(28)10-16(17(11-25)22(27)29-13-26)21-18(23)4-3-5-19(21)24/h3-9,16H,2,10,12-13H2,1H3/t16-/m0/s1. The quantitative estimate of drug-likeness (QED) is 0.603. The molecular formula is C22H19Cl2N3OS. The number of anilines is 1. The van der Waals surface area contributed by atoms with E-state index in [0.717, 1.165) is 12.1 Å². The maximum absolute atomic E-state index is 13.0. The predicted octanol–water partition coefficient (Wildman–Crippen LogP) is 5.78. The van der Waals surface area contributed by atoms with Crippen LogP contribution in [0.2, 0.25) is 10.0 Å². The van der Waals surface area contributed by atoms with Crippen LogP contribution in [0.25, 0.3) is 0 Å². The van der Waals surface area contributed by atoms with Crippen molar-refractivity contribution in [1.82, 2.24) is 4.90 Å². The Morgan fingerprint density at radius 2 is 1.86 bits per heavy atom. The van der Waals surface area contributed by atoms with Crippen molar-refractivity contribution in [3.05, 3.63) is 74.2 Å². The molecule has 0 saturated carbocycles. The topological polar surface area (TPSA) is 47.3 Å². The monoisotopic (exact) mass is 443 g/mol. The van der Waals surface area contributed by atoms with Crippen LogP contribution in [0.3, 0.4) is 0 Å². The summed E-state index contributed by atoms with van der Waals surface area (Å²) in [6, 6.07) is 16.0. The average molecular weight is 444 g/mol. The zero-order chi connectivity index (χ0) is 20.5. The Morgan fingerprint density at radius 1 is 1.17 bits per heavy atom. The van der Waals surface area contributed by atoms with Crippen molar-refractivity contribution in [2.75, 3.05) is 17.4 Å². The van der Waals surface area contributed by atoms with Crippen LogP contribution in [0.15, 0.2) is 53.1 Å². The third-order valence-electron chi connectivity index (χ3n) is 5.35. The molecule has 0 bridgehead atoms. The maximum Gasteiger partial charge on any atom is 0.229 e. The maximum atomic E-state index is 13.0. The fourth-order valence-electron chi connectivity index (χ4n) is 3.76. The first kappa shape index (κ1) is 20.2. The molecule has 0 aliphatic carbocycles. The molecule has 1 fully saturated rings. The molecule has 1 saturated heterocycles. The van der Waals surface area contributed by atoms with E-state index in [9.17, 15) is 10.1 Å². The van der Waals surface area contributed by atoms with Gasteiger partial charge in [0.1, 0.15) is 0 Å². The number of allylic oxidation sites excluding steroid dienone is 1. The van der Waals surface area contributed by atoms with E-state index in [1.54, 1.807) is 23.1 Å². The smallest absolute Gasteiger partial charge is 0.229 e. The van der Waals surface area contributed by atoms with Gasteiger partial charge in [-0.2, -0.15) is 5.26 Å². The van der Waals surface area contributed by atoms with Gasteiger partial charge in [0.15, 0.2) is 0 Å². The van der Waals surface area contributed by atoms with Gasteiger partial charge < -0.3 is 4.90 Å². The highest BCUT2D eigenvalue weighted by Gasteiger charge is 2.39. The first-order valence-corrected chi connectivity index (χ1v) is 11.1. The molecule has 0 N–H and O–H groups in total. The van der Waals surface area contributed by atoms with Gasteiger partial charge in [-0.05, 0) is 41.8 Å². The van der Waals surface area contributed by atoms with E-state index in [0.29, 0.717) is 38.8 Å². The van der Waals surface area contributed by atoms with Crippen molar-refractivity contribution >= 4 is 46.6 Å². The number of hydrogen-bond acceptors (Lipinski definition) is 4. The van der Waals surface area contributed by atoms with Gasteiger partial charge in [0.2, 0.25) is 5.91 Å². The van der Waals surface area contributed by atoms with E-state index in [-0.39, 0.29) is 12.3 Å². The molecule has 2 heterocycles. The van der Waals surface area contributed by atoms with Gasteiger partial charge in [-0.3, -0.25) is 9.69 Å². The number of fused-ring (bicyclic) bond motifs is 1. The number of thioether (sulfide) groups is 1. The summed E-state index contributed by atoms with van der Waals surface area (Å²) in [5.74, 6) is 0.226. The largest absolute Gasteiger partial charge is 0.344 e. The highest BCUT2D eigenvalue weighted by molar-refractivity contribution is 8.03. The fraction of sp³-hybridized carbons (Fsp3) is 0.273.